The number of likely N-dealkylation sites (N-methyl/N-ethyl adjacent to an activating group) is 1. The third-order valence-electron chi connectivity index (χ3n) is 6.82. The molecule has 2 aromatic heterocycles. The van der Waals surface area contributed by atoms with Crippen molar-refractivity contribution in [2.45, 2.75) is 0 Å². The molecule has 1 saturated heterocycles. The highest BCUT2D eigenvalue weighted by Crippen LogP contribution is 2.32. The lowest BCUT2D eigenvalue weighted by molar-refractivity contribution is 0.313. The highest BCUT2D eigenvalue weighted by Gasteiger charge is 2.16. The van der Waals surface area contributed by atoms with Crippen molar-refractivity contribution >= 4 is 45.0 Å². The third-order valence-corrected chi connectivity index (χ3v) is 7.13. The highest BCUT2D eigenvalue weighted by molar-refractivity contribution is 6.33. The zero-order chi connectivity index (χ0) is 24.1. The number of hydrogen-bond donors (Lipinski definition) is 2. The van der Waals surface area contributed by atoms with Crippen molar-refractivity contribution in [2.75, 3.05) is 57.1 Å². The number of piperazine rings is 1. The highest BCUT2D eigenvalue weighted by atomic mass is 35.5. The van der Waals surface area contributed by atoms with Crippen molar-refractivity contribution in [2.24, 2.45) is 0 Å². The molecular weight excluding hydrogens is 458 g/mol. The molecule has 35 heavy (non-hydrogen) atoms. The van der Waals surface area contributed by atoms with Crippen LogP contribution in [0.2, 0.25) is 5.02 Å². The Balaban J connectivity index is 1.31. The summed E-state index contributed by atoms with van der Waals surface area (Å²) in [6, 6.07) is 18.7. The Hall–Kier alpha value is -3.55. The van der Waals surface area contributed by atoms with E-state index in [0.717, 1.165) is 76.7 Å². The Morgan fingerprint density at radius 3 is 2.23 bits per heavy atom. The van der Waals surface area contributed by atoms with Gasteiger partial charge < -0.3 is 24.7 Å². The van der Waals surface area contributed by atoms with E-state index >= 15 is 0 Å². The molecule has 1 aliphatic heterocycles. The van der Waals surface area contributed by atoms with Gasteiger partial charge in [0, 0.05) is 62.8 Å². The van der Waals surface area contributed by atoms with E-state index < -0.39 is 0 Å². The average molecular weight is 486 g/mol. The van der Waals surface area contributed by atoms with Crippen LogP contribution in [0, 0.1) is 0 Å². The van der Waals surface area contributed by atoms with Crippen LogP contribution in [0.4, 0.5) is 11.4 Å². The zero-order valence-corrected chi connectivity index (χ0v) is 20.9. The molecule has 0 spiro atoms. The summed E-state index contributed by atoms with van der Waals surface area (Å²) in [6.45, 7) is 4.25. The fourth-order valence-electron chi connectivity index (χ4n) is 4.65. The molecule has 5 aromatic rings. The van der Waals surface area contributed by atoms with Gasteiger partial charge in [-0.05, 0) is 61.6 Å². The molecule has 0 bridgehead atoms. The van der Waals surface area contributed by atoms with Crippen molar-refractivity contribution in [3.8, 4) is 22.8 Å². The average Bonchev–Trinajstić information content (AvgIpc) is 3.47. The van der Waals surface area contributed by atoms with Crippen molar-refractivity contribution in [3.63, 3.8) is 0 Å². The second-order valence-corrected chi connectivity index (χ2v) is 9.86. The number of fused-ring (bicyclic) bond motifs is 2. The van der Waals surface area contributed by atoms with Crippen LogP contribution in [-0.2, 0) is 0 Å². The van der Waals surface area contributed by atoms with Crippen LogP contribution in [0.3, 0.4) is 0 Å². The van der Waals surface area contributed by atoms with Gasteiger partial charge in [-0.15, -0.1) is 0 Å². The predicted octanol–water partition coefficient (Wildman–Crippen LogP) is 5.24. The lowest BCUT2D eigenvalue weighted by Crippen LogP contribution is -2.44. The summed E-state index contributed by atoms with van der Waals surface area (Å²) >= 11 is 6.58. The summed E-state index contributed by atoms with van der Waals surface area (Å²) in [7, 11) is 6.17. The summed E-state index contributed by atoms with van der Waals surface area (Å²) in [5.41, 5.74) is 8.03. The molecule has 8 heteroatoms. The Kier molecular flexibility index (Phi) is 5.39. The van der Waals surface area contributed by atoms with Crippen LogP contribution in [0.15, 0.2) is 54.6 Å². The minimum atomic E-state index is 0.670. The molecular formula is C27H28ClN7. The molecule has 6 rings (SSSR count). The minimum absolute atomic E-state index is 0.670. The number of benzene rings is 3. The lowest BCUT2D eigenvalue weighted by Gasteiger charge is -2.34. The Bertz CT molecular complexity index is 1530. The maximum atomic E-state index is 6.58. The van der Waals surface area contributed by atoms with Gasteiger partial charge in [-0.25, -0.2) is 9.97 Å². The van der Waals surface area contributed by atoms with Crippen molar-refractivity contribution in [3.05, 3.63) is 59.6 Å². The molecule has 0 aliphatic carbocycles. The number of aromatic nitrogens is 4. The van der Waals surface area contributed by atoms with Crippen LogP contribution >= 0.6 is 11.6 Å². The Morgan fingerprint density at radius 2 is 1.49 bits per heavy atom. The van der Waals surface area contributed by atoms with E-state index in [1.807, 2.05) is 43.3 Å². The number of H-pyrrole nitrogens is 2. The van der Waals surface area contributed by atoms with E-state index in [1.54, 1.807) is 0 Å². The van der Waals surface area contributed by atoms with Crippen molar-refractivity contribution in [1.29, 1.82) is 0 Å². The van der Waals surface area contributed by atoms with E-state index in [4.69, 9.17) is 21.6 Å². The minimum Gasteiger partial charge on any atom is -0.378 e. The third kappa shape index (κ3) is 4.11. The van der Waals surface area contributed by atoms with Crippen LogP contribution in [0.1, 0.15) is 0 Å². The van der Waals surface area contributed by atoms with Gasteiger partial charge in [0.05, 0.1) is 27.1 Å². The van der Waals surface area contributed by atoms with Gasteiger partial charge in [-0.3, -0.25) is 0 Å². The maximum absolute atomic E-state index is 6.58. The molecule has 1 fully saturated rings. The van der Waals surface area contributed by atoms with Crippen molar-refractivity contribution < 1.29 is 0 Å². The lowest BCUT2D eigenvalue weighted by atomic mass is 10.2. The molecule has 1 aliphatic rings. The van der Waals surface area contributed by atoms with Crippen molar-refractivity contribution in [1.82, 2.24) is 24.8 Å². The number of aromatic amines is 2. The predicted molar refractivity (Wildman–Crippen MR) is 146 cm³/mol. The second-order valence-electron chi connectivity index (χ2n) is 9.45. The number of hydrogen-bond acceptors (Lipinski definition) is 5. The van der Waals surface area contributed by atoms with Crippen LogP contribution in [-0.4, -0.2) is 72.2 Å². The van der Waals surface area contributed by atoms with Gasteiger partial charge >= 0.3 is 0 Å². The zero-order valence-electron chi connectivity index (χ0n) is 20.1. The largest absolute Gasteiger partial charge is 0.378 e. The molecule has 178 valence electrons. The summed E-state index contributed by atoms with van der Waals surface area (Å²) in [5.74, 6) is 1.60. The summed E-state index contributed by atoms with van der Waals surface area (Å²) in [6.07, 6.45) is 0. The molecule has 3 aromatic carbocycles. The van der Waals surface area contributed by atoms with E-state index in [2.05, 4.69) is 57.1 Å². The van der Waals surface area contributed by atoms with Crippen LogP contribution in [0.25, 0.3) is 44.8 Å². The van der Waals surface area contributed by atoms with Gasteiger partial charge in [0.15, 0.2) is 0 Å². The SMILES string of the molecule is CN1CCN(c2ccc3[nH]c(-c4ccc5[nH]c(-c6ccc(N(C)C)cc6Cl)nc5c4)nc3c2)CC1. The molecule has 7 nitrogen and oxygen atoms in total. The maximum Gasteiger partial charge on any atom is 0.140 e. The monoisotopic (exact) mass is 485 g/mol. The first-order valence-corrected chi connectivity index (χ1v) is 12.2. The summed E-state index contributed by atoms with van der Waals surface area (Å²) in [4.78, 5) is 23.5. The van der Waals surface area contributed by atoms with Gasteiger partial charge in [0.2, 0.25) is 0 Å². The fourth-order valence-corrected chi connectivity index (χ4v) is 4.91. The molecule has 0 radical (unpaired) electrons. The van der Waals surface area contributed by atoms with E-state index in [0.29, 0.717) is 5.02 Å². The molecule has 0 atom stereocenters. The second kappa shape index (κ2) is 8.59. The van der Waals surface area contributed by atoms with Crippen LogP contribution in [0.5, 0.6) is 0 Å². The molecule has 3 heterocycles. The fraction of sp³-hybridized carbons (Fsp3) is 0.259. The van der Waals surface area contributed by atoms with Crippen LogP contribution < -0.4 is 9.80 Å². The number of nitrogens with one attached hydrogen (secondary N) is 2. The number of nitrogens with zero attached hydrogens (tertiary/aromatic N) is 5. The first-order valence-electron chi connectivity index (χ1n) is 11.9. The van der Waals surface area contributed by atoms with Gasteiger partial charge in [0.1, 0.15) is 11.6 Å². The standard InChI is InChI=1S/C27H28ClN7/c1-33(2)18-5-7-20(21(28)15-18)27-30-22-8-4-17(14-24(22)32-27)26-29-23-9-6-19(16-25(23)31-26)35-12-10-34(3)11-13-35/h4-9,14-16H,10-13H2,1-3H3,(H,29,31)(H,30,32). The van der Waals surface area contributed by atoms with E-state index in [1.165, 1.54) is 5.69 Å². The number of anilines is 2. The van der Waals surface area contributed by atoms with E-state index in [-0.39, 0.29) is 0 Å². The first-order chi connectivity index (χ1) is 16.9. The number of halogens is 1. The molecule has 0 unspecified atom stereocenters. The summed E-state index contributed by atoms with van der Waals surface area (Å²) < 4.78 is 0. The molecule has 0 saturated carbocycles. The van der Waals surface area contributed by atoms with Gasteiger partial charge in [0.25, 0.3) is 0 Å². The smallest absolute Gasteiger partial charge is 0.140 e. The molecule has 0 amide bonds. The Labute approximate surface area is 209 Å². The number of imidazole rings is 2. The van der Waals surface area contributed by atoms with Gasteiger partial charge in [-0.1, -0.05) is 11.6 Å². The quantitative estimate of drug-likeness (QED) is 0.364. The topological polar surface area (TPSA) is 67.1 Å². The number of rotatable bonds is 4. The normalized spacial score (nSPS) is 14.8. The summed E-state index contributed by atoms with van der Waals surface area (Å²) in [5, 5.41) is 0.670. The van der Waals surface area contributed by atoms with E-state index in [9.17, 15) is 0 Å². The Morgan fingerprint density at radius 1 is 0.800 bits per heavy atom. The first kappa shape index (κ1) is 21.9. The van der Waals surface area contributed by atoms with Gasteiger partial charge in [-0.2, -0.15) is 0 Å². The molecule has 2 N–H and O–H groups in total.